The highest BCUT2D eigenvalue weighted by molar-refractivity contribution is 7.89. The van der Waals surface area contributed by atoms with E-state index in [2.05, 4.69) is 14.9 Å². The summed E-state index contributed by atoms with van der Waals surface area (Å²) >= 11 is 0. The van der Waals surface area contributed by atoms with Gasteiger partial charge in [-0.15, -0.1) is 5.10 Å². The van der Waals surface area contributed by atoms with Crippen molar-refractivity contribution in [2.45, 2.75) is 18.7 Å². The molecule has 0 unspecified atom stereocenters. The van der Waals surface area contributed by atoms with E-state index < -0.39 is 22.5 Å². The summed E-state index contributed by atoms with van der Waals surface area (Å²) in [5.41, 5.74) is 1.78. The maximum Gasteiger partial charge on any atom is 0.321 e. The Labute approximate surface area is 157 Å². The minimum absolute atomic E-state index is 0.0824. The summed E-state index contributed by atoms with van der Waals surface area (Å²) in [6.45, 7) is 3.12. The molecule has 0 aliphatic carbocycles. The van der Waals surface area contributed by atoms with Crippen LogP contribution < -0.4 is 4.72 Å². The van der Waals surface area contributed by atoms with Gasteiger partial charge in [-0.05, 0) is 25.5 Å². The van der Waals surface area contributed by atoms with Gasteiger partial charge in [0.2, 0.25) is 10.0 Å². The number of ether oxygens (including phenoxy) is 1. The zero-order valence-electron chi connectivity index (χ0n) is 15.0. The summed E-state index contributed by atoms with van der Waals surface area (Å²) < 4.78 is 32.3. The van der Waals surface area contributed by atoms with Crippen molar-refractivity contribution in [3.8, 4) is 11.3 Å². The van der Waals surface area contributed by atoms with Gasteiger partial charge >= 0.3 is 5.97 Å². The van der Waals surface area contributed by atoms with Crippen LogP contribution in [-0.4, -0.2) is 37.7 Å². The molecule has 0 spiro atoms. The predicted molar refractivity (Wildman–Crippen MR) is 102 cm³/mol. The van der Waals surface area contributed by atoms with Gasteiger partial charge in [-0.3, -0.25) is 4.79 Å². The Balaban J connectivity index is 2.00. The number of rotatable bonds is 6. The lowest BCUT2D eigenvalue weighted by molar-refractivity contribution is -0.141. The SMILES string of the molecule is CCOC(=O)CNS(=O)(=O)c1cc(-c2nncc3ccccc23)ccc1C. The first-order valence-corrected chi connectivity index (χ1v) is 9.87. The lowest BCUT2D eigenvalue weighted by atomic mass is 10.0. The third-order valence-corrected chi connectivity index (χ3v) is 5.58. The molecular weight excluding hydrogens is 366 g/mol. The Morgan fingerprint density at radius 2 is 1.96 bits per heavy atom. The summed E-state index contributed by atoms with van der Waals surface area (Å²) in [4.78, 5) is 11.6. The molecule has 0 atom stereocenters. The number of benzene rings is 2. The van der Waals surface area contributed by atoms with Crippen LogP contribution in [0.2, 0.25) is 0 Å². The summed E-state index contributed by atoms with van der Waals surface area (Å²) in [6.07, 6.45) is 1.66. The second-order valence-corrected chi connectivity index (χ2v) is 7.63. The Hall–Kier alpha value is -2.84. The summed E-state index contributed by atoms with van der Waals surface area (Å²) in [6, 6.07) is 12.7. The molecule has 0 radical (unpaired) electrons. The minimum atomic E-state index is -3.89. The molecule has 7 nitrogen and oxygen atoms in total. The highest BCUT2D eigenvalue weighted by atomic mass is 32.2. The fourth-order valence-corrected chi connectivity index (χ4v) is 3.96. The molecule has 0 saturated carbocycles. The molecule has 1 N–H and O–H groups in total. The average molecular weight is 385 g/mol. The van der Waals surface area contributed by atoms with E-state index in [0.717, 1.165) is 10.8 Å². The van der Waals surface area contributed by atoms with Gasteiger partial charge in [0.1, 0.15) is 12.2 Å². The van der Waals surface area contributed by atoms with Gasteiger partial charge < -0.3 is 4.74 Å². The lowest BCUT2D eigenvalue weighted by Gasteiger charge is -2.11. The number of esters is 1. The molecule has 3 aromatic rings. The summed E-state index contributed by atoms with van der Waals surface area (Å²) in [5.74, 6) is -0.630. The molecule has 0 amide bonds. The molecule has 8 heteroatoms. The highest BCUT2D eigenvalue weighted by Crippen LogP contribution is 2.28. The second-order valence-electron chi connectivity index (χ2n) is 5.89. The van der Waals surface area contributed by atoms with Crippen molar-refractivity contribution in [2.24, 2.45) is 0 Å². The number of fused-ring (bicyclic) bond motifs is 1. The van der Waals surface area contributed by atoms with Crippen LogP contribution in [0.25, 0.3) is 22.0 Å². The van der Waals surface area contributed by atoms with Crippen LogP contribution in [0.1, 0.15) is 12.5 Å². The van der Waals surface area contributed by atoms with Crippen molar-refractivity contribution in [1.29, 1.82) is 0 Å². The monoisotopic (exact) mass is 385 g/mol. The molecule has 0 aliphatic rings. The normalized spacial score (nSPS) is 11.5. The van der Waals surface area contributed by atoms with Crippen molar-refractivity contribution in [2.75, 3.05) is 13.2 Å². The molecule has 0 bridgehead atoms. The molecule has 2 aromatic carbocycles. The molecule has 3 rings (SSSR count). The highest BCUT2D eigenvalue weighted by Gasteiger charge is 2.20. The van der Waals surface area contributed by atoms with Gasteiger partial charge in [-0.25, -0.2) is 8.42 Å². The van der Waals surface area contributed by atoms with Crippen molar-refractivity contribution in [1.82, 2.24) is 14.9 Å². The second kappa shape index (κ2) is 7.81. The van der Waals surface area contributed by atoms with Crippen LogP contribution in [0, 0.1) is 6.92 Å². The fourth-order valence-electron chi connectivity index (χ4n) is 2.72. The number of nitrogens with one attached hydrogen (secondary N) is 1. The van der Waals surface area contributed by atoms with E-state index in [-0.39, 0.29) is 11.5 Å². The quantitative estimate of drug-likeness (QED) is 0.655. The van der Waals surface area contributed by atoms with Crippen molar-refractivity contribution in [3.63, 3.8) is 0 Å². The summed E-state index contributed by atoms with van der Waals surface area (Å²) in [7, 11) is -3.89. The number of aryl methyl sites for hydroxylation is 1. The Kier molecular flexibility index (Phi) is 5.48. The topological polar surface area (TPSA) is 98.2 Å². The van der Waals surface area contributed by atoms with Crippen molar-refractivity contribution in [3.05, 3.63) is 54.2 Å². The molecule has 0 aliphatic heterocycles. The lowest BCUT2D eigenvalue weighted by Crippen LogP contribution is -2.31. The van der Waals surface area contributed by atoms with Crippen LogP contribution in [0.4, 0.5) is 0 Å². The molecule has 0 fully saturated rings. The van der Waals surface area contributed by atoms with Gasteiger partial charge in [0, 0.05) is 16.3 Å². The van der Waals surface area contributed by atoms with Crippen LogP contribution >= 0.6 is 0 Å². The third kappa shape index (κ3) is 4.12. The largest absolute Gasteiger partial charge is 0.465 e. The number of carbonyl (C=O) groups is 1. The maximum absolute atomic E-state index is 12.7. The van der Waals surface area contributed by atoms with E-state index in [1.54, 1.807) is 38.2 Å². The number of carbonyl (C=O) groups excluding carboxylic acids is 1. The average Bonchev–Trinajstić information content (AvgIpc) is 2.67. The Morgan fingerprint density at radius 1 is 1.19 bits per heavy atom. The van der Waals surface area contributed by atoms with E-state index in [1.165, 1.54) is 0 Å². The van der Waals surface area contributed by atoms with Crippen LogP contribution in [0.5, 0.6) is 0 Å². The van der Waals surface area contributed by atoms with Gasteiger partial charge in [-0.1, -0.05) is 36.4 Å². The van der Waals surface area contributed by atoms with Crippen molar-refractivity contribution >= 4 is 26.8 Å². The number of hydrogen-bond donors (Lipinski definition) is 1. The van der Waals surface area contributed by atoms with Gasteiger partial charge in [-0.2, -0.15) is 9.82 Å². The van der Waals surface area contributed by atoms with Crippen molar-refractivity contribution < 1.29 is 17.9 Å². The molecule has 1 heterocycles. The molecule has 0 saturated heterocycles. The van der Waals surface area contributed by atoms with Gasteiger partial charge in [0.05, 0.1) is 17.7 Å². The van der Waals surface area contributed by atoms with Gasteiger partial charge in [0.15, 0.2) is 0 Å². The van der Waals surface area contributed by atoms with Crippen LogP contribution in [0.15, 0.2) is 53.6 Å². The zero-order chi connectivity index (χ0) is 19.4. The number of aromatic nitrogens is 2. The Bertz CT molecular complexity index is 1090. The first kappa shape index (κ1) is 18.9. The number of nitrogens with zero attached hydrogens (tertiary/aromatic N) is 2. The predicted octanol–water partition coefficient (Wildman–Crippen LogP) is 2.45. The molecular formula is C19H19N3O4S. The Morgan fingerprint density at radius 3 is 2.74 bits per heavy atom. The molecule has 140 valence electrons. The van der Waals surface area contributed by atoms with E-state index in [0.29, 0.717) is 16.8 Å². The van der Waals surface area contributed by atoms with E-state index in [4.69, 9.17) is 4.74 Å². The van der Waals surface area contributed by atoms with E-state index in [9.17, 15) is 13.2 Å². The van der Waals surface area contributed by atoms with Crippen LogP contribution in [0.3, 0.4) is 0 Å². The molecule has 1 aromatic heterocycles. The molecule has 27 heavy (non-hydrogen) atoms. The first-order chi connectivity index (χ1) is 12.9. The fraction of sp³-hybridized carbons (Fsp3) is 0.211. The number of hydrogen-bond acceptors (Lipinski definition) is 6. The third-order valence-electron chi connectivity index (χ3n) is 4.03. The number of sulfonamides is 1. The van der Waals surface area contributed by atoms with E-state index in [1.807, 2.05) is 24.3 Å². The van der Waals surface area contributed by atoms with E-state index >= 15 is 0 Å². The standard InChI is InChI=1S/C19H19N3O4S/c1-3-26-18(23)12-21-27(24,25)17-10-14(9-8-13(17)2)19-16-7-5-4-6-15(16)11-20-22-19/h4-11,21H,3,12H2,1-2H3. The minimum Gasteiger partial charge on any atom is -0.465 e. The maximum atomic E-state index is 12.7. The summed E-state index contributed by atoms with van der Waals surface area (Å²) in [5, 5.41) is 9.98. The van der Waals surface area contributed by atoms with Gasteiger partial charge in [0.25, 0.3) is 0 Å². The smallest absolute Gasteiger partial charge is 0.321 e. The zero-order valence-corrected chi connectivity index (χ0v) is 15.8. The van der Waals surface area contributed by atoms with Crippen LogP contribution in [-0.2, 0) is 19.6 Å². The first-order valence-electron chi connectivity index (χ1n) is 8.39.